The van der Waals surface area contributed by atoms with E-state index in [-0.39, 0.29) is 44.9 Å². The van der Waals surface area contributed by atoms with Crippen LogP contribution in [0, 0.1) is 23.7 Å². The number of H-pyrrole nitrogens is 1. The van der Waals surface area contributed by atoms with Crippen LogP contribution in [0.1, 0.15) is 253 Å². The number of aryl methyl sites for hydroxylation is 2. The van der Waals surface area contributed by atoms with E-state index in [4.69, 9.17) is 0 Å². The van der Waals surface area contributed by atoms with Crippen LogP contribution in [0.5, 0.6) is 0 Å². The zero-order chi connectivity index (χ0) is 60.2. The fourth-order valence-corrected chi connectivity index (χ4v) is 13.0. The Morgan fingerprint density at radius 2 is 1.00 bits per heavy atom. The second-order valence-electron chi connectivity index (χ2n) is 23.5. The van der Waals surface area contributed by atoms with Crippen LogP contribution in [0.3, 0.4) is 0 Å². The Morgan fingerprint density at radius 3 is 1.30 bits per heavy atom. The highest BCUT2D eigenvalue weighted by molar-refractivity contribution is 8.05. The van der Waals surface area contributed by atoms with Crippen molar-refractivity contribution in [1.29, 1.82) is 0 Å². The summed E-state index contributed by atoms with van der Waals surface area (Å²) in [5.41, 5.74) is 8.30. The van der Waals surface area contributed by atoms with E-state index in [1.54, 1.807) is 4.57 Å². The van der Waals surface area contributed by atoms with Crippen LogP contribution in [-0.4, -0.2) is 70.2 Å². The molecule has 77 heavy (non-hydrogen) atoms. The molecule has 6 heterocycles. The number of hydrogen-bond donors (Lipinski definition) is 1. The lowest BCUT2D eigenvalue weighted by atomic mass is 9.96. The summed E-state index contributed by atoms with van der Waals surface area (Å²) in [6.45, 7) is 49.5. The molecule has 0 fully saturated rings. The van der Waals surface area contributed by atoms with E-state index < -0.39 is 15.1 Å². The van der Waals surface area contributed by atoms with E-state index in [0.29, 0.717) is 58.7 Å². The van der Waals surface area contributed by atoms with Gasteiger partial charge in [-0.3, -0.25) is 33.3 Å². The molecular formula is C58H99N9O7S3. The number of rotatable bonds is 12. The third-order valence-corrected chi connectivity index (χ3v) is 16.5. The molecule has 0 bridgehead atoms. The number of hydrogen-bond acceptors (Lipinski definition) is 10. The average molecular weight is 1130 g/mol. The van der Waals surface area contributed by atoms with Gasteiger partial charge >= 0.3 is 20.9 Å². The van der Waals surface area contributed by atoms with Crippen molar-refractivity contribution in [2.45, 2.75) is 214 Å². The number of allylic oxidation sites excluding steroid dienone is 1. The van der Waals surface area contributed by atoms with Crippen LogP contribution in [0.25, 0.3) is 0 Å². The molecule has 436 valence electrons. The number of nitrogens with zero attached hydrogens (tertiary/aromatic N) is 8. The third kappa shape index (κ3) is 18.1. The van der Waals surface area contributed by atoms with Gasteiger partial charge in [0.1, 0.15) is 5.82 Å². The Bertz CT molecular complexity index is 2840. The fraction of sp³-hybridized carbons (Fsp3) is 0.690. The zero-order valence-corrected chi connectivity index (χ0v) is 54.7. The van der Waals surface area contributed by atoms with Gasteiger partial charge in [-0.05, 0) is 84.6 Å². The van der Waals surface area contributed by atoms with Gasteiger partial charge in [0, 0.05) is 96.9 Å². The molecule has 4 aromatic rings. The summed E-state index contributed by atoms with van der Waals surface area (Å²) < 4.78 is 32.5. The maximum atomic E-state index is 11.7. The number of thiazole rings is 1. The van der Waals surface area contributed by atoms with Gasteiger partial charge in [-0.15, -0.1) is 0 Å². The first-order valence-corrected chi connectivity index (χ1v) is 30.4. The molecule has 19 heteroatoms. The van der Waals surface area contributed by atoms with Crippen molar-refractivity contribution in [2.24, 2.45) is 54.8 Å². The Kier molecular flexibility index (Phi) is 27.4. The third-order valence-electron chi connectivity index (χ3n) is 12.7. The fourth-order valence-electron chi connectivity index (χ4n) is 9.37. The molecule has 0 saturated carbocycles. The molecule has 4 aromatic heterocycles. The number of sulfonamides is 1. The second kappa shape index (κ2) is 30.0. The topological polar surface area (TPSA) is 196 Å². The number of aromatic nitrogens is 6. The molecular weight excluding hydrogens is 1030 g/mol. The van der Waals surface area contributed by atoms with Crippen LogP contribution in [0.2, 0.25) is 0 Å². The van der Waals surface area contributed by atoms with Crippen molar-refractivity contribution in [2.75, 3.05) is 7.05 Å². The molecule has 0 atom stereocenters. The van der Waals surface area contributed by atoms with E-state index in [1.807, 2.05) is 97.6 Å². The zero-order valence-electron chi connectivity index (χ0n) is 52.2. The summed E-state index contributed by atoms with van der Waals surface area (Å²) in [5, 5.41) is 2.07. The molecule has 0 saturated heterocycles. The van der Waals surface area contributed by atoms with Crippen molar-refractivity contribution in [3.63, 3.8) is 0 Å². The van der Waals surface area contributed by atoms with Crippen molar-refractivity contribution in [3.8, 4) is 0 Å². The molecule has 0 aromatic carbocycles. The number of aromatic amines is 1. The van der Waals surface area contributed by atoms with Crippen molar-refractivity contribution in [1.82, 2.24) is 32.2 Å². The molecule has 2 aliphatic rings. The quantitative estimate of drug-likeness (QED) is 0.145. The standard InChI is InChI=1S/C10H18N2O.C10H17NO3S.2C10H17NOS.C9H14N2O.C9H16N2/c1-6(2)8-9(7(3)4)12(5)11-10(8)13;1-6(2)8-9(7(3)4)11(5)15(13,14)10(8)12;1-6(2)8-9(7(3)4)13-10(12)11(8)5;1-6(2)8-9(7(3)4)11(5)13-10(8)12;1-5(2)7-8(6(3)4)11-9(12)10-7;1-7(2)9-10-5-6-11(9)8(3)4/h6-7H,1-5H3,(H,11,13);6-7H,1-5H3;2*6-7H,1-5H3;5-6H,1-4H3;5-8H,1-4H3. The molecule has 2 aliphatic heterocycles. The maximum absolute atomic E-state index is 11.7. The van der Waals surface area contributed by atoms with Crippen molar-refractivity contribution in [3.05, 3.63) is 92.1 Å². The SMILES string of the molecule is CC(C)C1=C(C(C)C)N(C)S(=O)(=O)C1=O.CC(C)C1=NC(=O)N=C1C(C)C.CC(C)c1c(C(C)C)n(C)[nH]c1=O.CC(C)c1c(C(C)C)n(C)sc1=O.CC(C)c1nccn1C(C)C.CC(C)c1sc(=O)n(C)c1C(C)C. The lowest BCUT2D eigenvalue weighted by Crippen LogP contribution is -2.26. The molecule has 6 rings (SSSR count). The Balaban J connectivity index is 0.000000463. The highest BCUT2D eigenvalue weighted by Crippen LogP contribution is 2.35. The molecule has 2 amide bonds. The predicted octanol–water partition coefficient (Wildman–Crippen LogP) is 13.6. The number of imidazole rings is 1. The van der Waals surface area contributed by atoms with Gasteiger partial charge in [0.15, 0.2) is 0 Å². The molecule has 0 spiro atoms. The van der Waals surface area contributed by atoms with Gasteiger partial charge in [0.25, 0.3) is 15.4 Å². The Hall–Kier alpha value is -4.75. The van der Waals surface area contributed by atoms with Gasteiger partial charge in [0.2, 0.25) is 0 Å². The first kappa shape index (κ1) is 70.3. The monoisotopic (exact) mass is 1130 g/mol. The van der Waals surface area contributed by atoms with Gasteiger partial charge in [0.05, 0.1) is 11.4 Å². The summed E-state index contributed by atoms with van der Waals surface area (Å²) in [6, 6.07) is 0.178. The Morgan fingerprint density at radius 1 is 0.532 bits per heavy atom. The van der Waals surface area contributed by atoms with Gasteiger partial charge in [-0.25, -0.2) is 9.78 Å². The summed E-state index contributed by atoms with van der Waals surface area (Å²) >= 11 is 2.70. The number of aliphatic imine (C=N–C) groups is 2. The van der Waals surface area contributed by atoms with E-state index in [9.17, 15) is 32.4 Å². The van der Waals surface area contributed by atoms with Crippen LogP contribution in [-0.2, 0) is 36.0 Å². The smallest absolute Gasteiger partial charge is 0.332 e. The molecule has 0 radical (unpaired) electrons. The summed E-state index contributed by atoms with van der Waals surface area (Å²) in [6.07, 6.45) is 3.91. The predicted molar refractivity (Wildman–Crippen MR) is 325 cm³/mol. The molecule has 0 aliphatic carbocycles. The Labute approximate surface area is 470 Å². The van der Waals surface area contributed by atoms with Crippen LogP contribution >= 0.6 is 22.9 Å². The lowest BCUT2D eigenvalue weighted by molar-refractivity contribution is -0.108. The first-order valence-electron chi connectivity index (χ1n) is 27.4. The minimum absolute atomic E-state index is 0.0358. The highest BCUT2D eigenvalue weighted by atomic mass is 32.2. The number of amides is 2. The number of urea groups is 1. The summed E-state index contributed by atoms with van der Waals surface area (Å²) in [4.78, 5) is 70.6. The number of carbonyl (C=O) groups excluding carboxylic acids is 2. The maximum Gasteiger partial charge on any atom is 0.367 e. The van der Waals surface area contributed by atoms with E-state index in [2.05, 4.69) is 135 Å². The summed E-state index contributed by atoms with van der Waals surface area (Å²) in [7, 11) is 3.39. The normalized spacial score (nSPS) is 14.3. The van der Waals surface area contributed by atoms with Gasteiger partial charge < -0.3 is 13.1 Å². The first-order chi connectivity index (χ1) is 35.2. The van der Waals surface area contributed by atoms with Crippen LogP contribution < -0.4 is 15.2 Å². The van der Waals surface area contributed by atoms with E-state index >= 15 is 0 Å². The molecule has 0 unspecified atom stereocenters. The van der Waals surface area contributed by atoms with Crippen molar-refractivity contribution < 1.29 is 18.0 Å². The largest absolute Gasteiger partial charge is 0.367 e. The van der Waals surface area contributed by atoms with Gasteiger partial charge in [-0.2, -0.15) is 18.4 Å². The number of nitrogens with one attached hydrogen (secondary N) is 1. The highest BCUT2D eigenvalue weighted by Gasteiger charge is 2.43. The minimum Gasteiger partial charge on any atom is -0.332 e. The van der Waals surface area contributed by atoms with Crippen molar-refractivity contribution >= 4 is 55.5 Å². The average Bonchev–Trinajstić information content (AvgIpc) is 4.14. The van der Waals surface area contributed by atoms with Gasteiger partial charge in [-0.1, -0.05) is 164 Å². The second-order valence-corrected chi connectivity index (χ2v) is 27.4. The molecule has 16 nitrogen and oxygen atoms in total. The van der Waals surface area contributed by atoms with E-state index in [0.717, 1.165) is 32.5 Å². The number of carbonyl (C=O) groups is 2. The van der Waals surface area contributed by atoms with Crippen LogP contribution in [0.4, 0.5) is 4.79 Å². The minimum atomic E-state index is -3.77. The molecule has 1 N–H and O–H groups in total. The van der Waals surface area contributed by atoms with E-state index in [1.165, 1.54) is 52.0 Å². The lowest BCUT2D eigenvalue weighted by Gasteiger charge is -2.18. The van der Waals surface area contributed by atoms with Crippen LogP contribution in [0.15, 0.2) is 48.0 Å². The summed E-state index contributed by atoms with van der Waals surface area (Å²) in [5.74, 6) is 4.59.